The van der Waals surface area contributed by atoms with E-state index in [9.17, 15) is 0 Å². The van der Waals surface area contributed by atoms with Crippen LogP contribution in [0.3, 0.4) is 0 Å². The van der Waals surface area contributed by atoms with Crippen molar-refractivity contribution in [2.75, 3.05) is 46.7 Å². The highest BCUT2D eigenvalue weighted by atomic mass is 16.5. The van der Waals surface area contributed by atoms with Gasteiger partial charge >= 0.3 is 0 Å². The first kappa shape index (κ1) is 14.3. The first-order valence-corrected chi connectivity index (χ1v) is 7.28. The SMILES string of the molecule is COCCOCCOCCNC1CC2CCC1C2. The molecule has 0 amide bonds. The quantitative estimate of drug-likeness (QED) is 0.601. The normalized spacial score (nSPS) is 30.2. The zero-order valence-corrected chi connectivity index (χ0v) is 11.5. The van der Waals surface area contributed by atoms with E-state index in [-0.39, 0.29) is 0 Å². The Hall–Kier alpha value is -0.160. The Bertz CT molecular complexity index is 225. The van der Waals surface area contributed by atoms with Crippen molar-refractivity contribution in [1.82, 2.24) is 5.32 Å². The number of hydrogen-bond donors (Lipinski definition) is 1. The minimum atomic E-state index is 0.656. The Morgan fingerprint density at radius 1 is 0.944 bits per heavy atom. The largest absolute Gasteiger partial charge is 0.382 e. The second-order valence-electron chi connectivity index (χ2n) is 5.45. The van der Waals surface area contributed by atoms with Gasteiger partial charge in [0.1, 0.15) is 0 Å². The highest BCUT2D eigenvalue weighted by Gasteiger charge is 2.38. The van der Waals surface area contributed by atoms with Crippen molar-refractivity contribution in [3.8, 4) is 0 Å². The van der Waals surface area contributed by atoms with E-state index in [4.69, 9.17) is 14.2 Å². The van der Waals surface area contributed by atoms with Crippen LogP contribution in [0.4, 0.5) is 0 Å². The molecular weight excluding hydrogens is 230 g/mol. The van der Waals surface area contributed by atoms with Gasteiger partial charge in [-0.2, -0.15) is 0 Å². The predicted molar refractivity (Wildman–Crippen MR) is 70.8 cm³/mol. The Kier molecular flexibility index (Phi) is 6.41. The van der Waals surface area contributed by atoms with Crippen molar-refractivity contribution >= 4 is 0 Å². The zero-order valence-electron chi connectivity index (χ0n) is 11.5. The fourth-order valence-corrected chi connectivity index (χ4v) is 3.28. The maximum Gasteiger partial charge on any atom is 0.0701 e. The van der Waals surface area contributed by atoms with Crippen LogP contribution < -0.4 is 5.32 Å². The van der Waals surface area contributed by atoms with Gasteiger partial charge in [-0.3, -0.25) is 0 Å². The van der Waals surface area contributed by atoms with Gasteiger partial charge in [0, 0.05) is 19.7 Å². The molecule has 3 atom stereocenters. The van der Waals surface area contributed by atoms with Crippen LogP contribution in [0, 0.1) is 11.8 Å². The minimum Gasteiger partial charge on any atom is -0.382 e. The maximum atomic E-state index is 5.53. The van der Waals surface area contributed by atoms with E-state index >= 15 is 0 Å². The van der Waals surface area contributed by atoms with Crippen molar-refractivity contribution in [2.45, 2.75) is 31.7 Å². The molecule has 0 aromatic carbocycles. The number of nitrogens with one attached hydrogen (secondary N) is 1. The van der Waals surface area contributed by atoms with Gasteiger partial charge in [-0.25, -0.2) is 0 Å². The number of ether oxygens (including phenoxy) is 3. The monoisotopic (exact) mass is 257 g/mol. The average molecular weight is 257 g/mol. The topological polar surface area (TPSA) is 39.7 Å². The smallest absolute Gasteiger partial charge is 0.0701 e. The van der Waals surface area contributed by atoms with Crippen LogP contribution in [0.25, 0.3) is 0 Å². The third kappa shape index (κ3) is 4.50. The van der Waals surface area contributed by atoms with Crippen molar-refractivity contribution in [1.29, 1.82) is 0 Å². The summed E-state index contributed by atoms with van der Waals surface area (Å²) in [6.45, 7) is 4.43. The molecule has 2 saturated carbocycles. The summed E-state index contributed by atoms with van der Waals surface area (Å²) < 4.78 is 15.7. The van der Waals surface area contributed by atoms with E-state index in [0.29, 0.717) is 26.4 Å². The van der Waals surface area contributed by atoms with E-state index < -0.39 is 0 Å². The molecule has 4 nitrogen and oxygen atoms in total. The predicted octanol–water partition coefficient (Wildman–Crippen LogP) is 1.44. The molecule has 0 radical (unpaired) electrons. The average Bonchev–Trinajstić information content (AvgIpc) is 2.99. The fourth-order valence-electron chi connectivity index (χ4n) is 3.28. The summed E-state index contributed by atoms with van der Waals surface area (Å²) in [6, 6.07) is 0.769. The van der Waals surface area contributed by atoms with Crippen LogP contribution in [0.2, 0.25) is 0 Å². The van der Waals surface area contributed by atoms with Gasteiger partial charge in [0.25, 0.3) is 0 Å². The molecular formula is C14H27NO3. The summed E-state index contributed by atoms with van der Waals surface area (Å²) in [5, 5.41) is 3.64. The molecule has 0 saturated heterocycles. The lowest BCUT2D eigenvalue weighted by Gasteiger charge is -2.22. The number of hydrogen-bond acceptors (Lipinski definition) is 4. The van der Waals surface area contributed by atoms with Crippen molar-refractivity contribution in [3.63, 3.8) is 0 Å². The molecule has 2 bridgehead atoms. The second kappa shape index (κ2) is 8.10. The zero-order chi connectivity index (χ0) is 12.6. The molecule has 0 aromatic rings. The van der Waals surface area contributed by atoms with Crippen LogP contribution in [0.15, 0.2) is 0 Å². The third-order valence-corrected chi connectivity index (χ3v) is 4.19. The van der Waals surface area contributed by atoms with Gasteiger partial charge in [-0.15, -0.1) is 0 Å². The van der Waals surface area contributed by atoms with Crippen LogP contribution in [0.5, 0.6) is 0 Å². The summed E-state index contributed by atoms with van der Waals surface area (Å²) in [5.74, 6) is 1.97. The van der Waals surface area contributed by atoms with Crippen molar-refractivity contribution in [3.05, 3.63) is 0 Å². The third-order valence-electron chi connectivity index (χ3n) is 4.19. The molecule has 2 fully saturated rings. The van der Waals surface area contributed by atoms with E-state index in [2.05, 4.69) is 5.32 Å². The lowest BCUT2D eigenvalue weighted by atomic mass is 9.95. The molecule has 2 aliphatic carbocycles. The molecule has 106 valence electrons. The maximum absolute atomic E-state index is 5.53. The molecule has 3 unspecified atom stereocenters. The molecule has 18 heavy (non-hydrogen) atoms. The number of methoxy groups -OCH3 is 1. The van der Waals surface area contributed by atoms with E-state index in [0.717, 1.165) is 31.0 Å². The Morgan fingerprint density at radius 2 is 1.72 bits per heavy atom. The van der Waals surface area contributed by atoms with Gasteiger partial charge in [0.15, 0.2) is 0 Å². The molecule has 1 N–H and O–H groups in total. The first-order valence-electron chi connectivity index (χ1n) is 7.28. The summed E-state index contributed by atoms with van der Waals surface area (Å²) in [7, 11) is 1.68. The summed E-state index contributed by atoms with van der Waals surface area (Å²) in [5.41, 5.74) is 0. The number of fused-ring (bicyclic) bond motifs is 2. The van der Waals surface area contributed by atoms with Gasteiger partial charge in [-0.1, -0.05) is 6.42 Å². The van der Waals surface area contributed by atoms with Gasteiger partial charge in [0.2, 0.25) is 0 Å². The van der Waals surface area contributed by atoms with Gasteiger partial charge < -0.3 is 19.5 Å². The van der Waals surface area contributed by atoms with Crippen LogP contribution in [-0.4, -0.2) is 52.7 Å². The molecule has 0 aromatic heterocycles. The highest BCUT2D eigenvalue weighted by molar-refractivity contribution is 4.93. The van der Waals surface area contributed by atoms with Gasteiger partial charge in [-0.05, 0) is 31.1 Å². The summed E-state index contributed by atoms with van der Waals surface area (Å²) >= 11 is 0. The van der Waals surface area contributed by atoms with Crippen LogP contribution >= 0.6 is 0 Å². The minimum absolute atomic E-state index is 0.656. The van der Waals surface area contributed by atoms with E-state index in [1.54, 1.807) is 7.11 Å². The lowest BCUT2D eigenvalue weighted by Crippen LogP contribution is -2.36. The molecule has 2 rings (SSSR count). The van der Waals surface area contributed by atoms with E-state index in [1.807, 2.05) is 0 Å². The van der Waals surface area contributed by atoms with E-state index in [1.165, 1.54) is 25.7 Å². The van der Waals surface area contributed by atoms with Crippen LogP contribution in [-0.2, 0) is 14.2 Å². The Morgan fingerprint density at radius 3 is 2.39 bits per heavy atom. The molecule has 4 heteroatoms. The second-order valence-corrected chi connectivity index (χ2v) is 5.45. The Labute approximate surface area is 110 Å². The van der Waals surface area contributed by atoms with Crippen molar-refractivity contribution < 1.29 is 14.2 Å². The molecule has 2 aliphatic rings. The standard InChI is InChI=1S/C14H27NO3/c1-16-6-7-18-9-8-17-5-4-15-14-11-12-2-3-13(14)10-12/h12-15H,2-11H2,1H3. The van der Waals surface area contributed by atoms with Crippen molar-refractivity contribution in [2.24, 2.45) is 11.8 Å². The molecule has 0 heterocycles. The number of rotatable bonds is 10. The van der Waals surface area contributed by atoms with Gasteiger partial charge in [0.05, 0.1) is 33.0 Å². The Balaban J connectivity index is 1.36. The summed E-state index contributed by atoms with van der Waals surface area (Å²) in [4.78, 5) is 0. The molecule has 0 spiro atoms. The fraction of sp³-hybridized carbons (Fsp3) is 1.00. The highest BCUT2D eigenvalue weighted by Crippen LogP contribution is 2.44. The summed E-state index contributed by atoms with van der Waals surface area (Å²) in [6.07, 6.45) is 5.77. The lowest BCUT2D eigenvalue weighted by molar-refractivity contribution is 0.0249. The molecule has 0 aliphatic heterocycles. The van der Waals surface area contributed by atoms with Crippen LogP contribution in [0.1, 0.15) is 25.7 Å². The first-order chi connectivity index (χ1) is 8.90.